The number of allylic oxidation sites excluding steroid dienone is 1. The second kappa shape index (κ2) is 7.00. The fourth-order valence-electron chi connectivity index (χ4n) is 2.29. The normalized spacial score (nSPS) is 13.4. The third-order valence-electron chi connectivity index (χ3n) is 3.52. The fraction of sp³-hybridized carbons (Fsp3) is 0.111. The number of aliphatic hydroxyl groups excluding tert-OH is 1. The van der Waals surface area contributed by atoms with Crippen LogP contribution in [0.5, 0.6) is 0 Å². The van der Waals surface area contributed by atoms with Crippen LogP contribution in [0.3, 0.4) is 0 Å². The van der Waals surface area contributed by atoms with E-state index in [4.69, 9.17) is 11.6 Å². The third kappa shape index (κ3) is 3.25. The Bertz CT molecular complexity index is 925. The first kappa shape index (κ1) is 16.4. The van der Waals surface area contributed by atoms with E-state index in [-0.39, 0.29) is 16.6 Å². The lowest BCUT2D eigenvalue weighted by molar-refractivity contribution is 0.402. The number of halogens is 1. The molecule has 0 aliphatic heterocycles. The quantitative estimate of drug-likeness (QED) is 0.383. The van der Waals surface area contributed by atoms with E-state index in [9.17, 15) is 10.4 Å². The Kier molecular flexibility index (Phi) is 4.79. The summed E-state index contributed by atoms with van der Waals surface area (Å²) in [7, 11) is 0. The van der Waals surface area contributed by atoms with Gasteiger partial charge in [0, 0.05) is 4.90 Å². The van der Waals surface area contributed by atoms with Gasteiger partial charge < -0.3 is 10.1 Å². The summed E-state index contributed by atoms with van der Waals surface area (Å²) in [6.07, 6.45) is 0. The van der Waals surface area contributed by atoms with Gasteiger partial charge in [-0.1, -0.05) is 35.9 Å². The Labute approximate surface area is 148 Å². The predicted molar refractivity (Wildman–Crippen MR) is 98.0 cm³/mol. The van der Waals surface area contributed by atoms with Gasteiger partial charge in [0.25, 0.3) is 0 Å². The number of hydrogen-bond donors (Lipinski definition) is 2. The Balaban J connectivity index is 1.95. The zero-order chi connectivity index (χ0) is 17.1. The van der Waals surface area contributed by atoms with E-state index in [1.54, 1.807) is 6.07 Å². The minimum atomic E-state index is -0.340. The van der Waals surface area contributed by atoms with Crippen molar-refractivity contribution in [3.63, 3.8) is 0 Å². The van der Waals surface area contributed by atoms with Crippen molar-refractivity contribution in [1.29, 1.82) is 5.26 Å². The highest BCUT2D eigenvalue weighted by atomic mass is 35.5. The number of H-pyrrole nitrogens is 1. The molecule has 0 aliphatic carbocycles. The first-order chi connectivity index (χ1) is 11.6. The molecule has 6 heteroatoms. The molecule has 1 aromatic heterocycles. The number of nitrogens with zero attached hydrogens (tertiary/aromatic N) is 2. The van der Waals surface area contributed by atoms with Crippen LogP contribution in [0.4, 0.5) is 0 Å². The molecule has 0 radical (unpaired) electrons. The van der Waals surface area contributed by atoms with E-state index in [1.165, 1.54) is 11.8 Å². The van der Waals surface area contributed by atoms with Crippen LogP contribution in [0.2, 0.25) is 5.02 Å². The molecule has 0 spiro atoms. The average molecular weight is 356 g/mol. The van der Waals surface area contributed by atoms with Crippen LogP contribution in [0.15, 0.2) is 59.2 Å². The highest BCUT2D eigenvalue weighted by molar-refractivity contribution is 8.00. The maximum absolute atomic E-state index is 10.5. The highest BCUT2D eigenvalue weighted by Gasteiger charge is 2.19. The SMILES string of the molecule is CC(Sc1ccccc1Cl)/C(O)=C(/C#N)c1nc2ccccc2[nH]1. The number of aliphatic hydroxyl groups is 1. The zero-order valence-electron chi connectivity index (χ0n) is 12.8. The van der Waals surface area contributed by atoms with Crippen molar-refractivity contribution < 1.29 is 5.11 Å². The monoisotopic (exact) mass is 355 g/mol. The molecule has 0 fully saturated rings. The van der Waals surface area contributed by atoms with Crippen molar-refractivity contribution in [2.24, 2.45) is 0 Å². The van der Waals surface area contributed by atoms with Crippen molar-refractivity contribution in [2.45, 2.75) is 17.1 Å². The van der Waals surface area contributed by atoms with Crippen LogP contribution in [-0.2, 0) is 0 Å². The molecule has 3 rings (SSSR count). The highest BCUT2D eigenvalue weighted by Crippen LogP contribution is 2.34. The molecule has 2 N–H and O–H groups in total. The van der Waals surface area contributed by atoms with E-state index >= 15 is 0 Å². The summed E-state index contributed by atoms with van der Waals surface area (Å²) in [6.45, 7) is 1.82. The van der Waals surface area contributed by atoms with E-state index in [0.29, 0.717) is 10.8 Å². The number of aromatic nitrogens is 2. The van der Waals surface area contributed by atoms with E-state index in [0.717, 1.165) is 15.9 Å². The number of nitriles is 1. The third-order valence-corrected chi connectivity index (χ3v) is 5.15. The summed E-state index contributed by atoms with van der Waals surface area (Å²) in [5.41, 5.74) is 1.71. The number of para-hydroxylation sites is 2. The smallest absolute Gasteiger partial charge is 0.152 e. The van der Waals surface area contributed by atoms with Crippen LogP contribution in [0.25, 0.3) is 16.6 Å². The molecule has 1 atom stereocenters. The Morgan fingerprint density at radius 1 is 1.25 bits per heavy atom. The first-order valence-corrected chi connectivity index (χ1v) is 8.55. The van der Waals surface area contributed by atoms with Crippen molar-refractivity contribution in [3.05, 3.63) is 65.1 Å². The minimum Gasteiger partial charge on any atom is -0.510 e. The van der Waals surface area contributed by atoms with Gasteiger partial charge in [0.05, 0.1) is 21.3 Å². The first-order valence-electron chi connectivity index (χ1n) is 7.29. The van der Waals surface area contributed by atoms with Crippen LogP contribution >= 0.6 is 23.4 Å². The molecule has 24 heavy (non-hydrogen) atoms. The van der Waals surface area contributed by atoms with E-state index in [1.807, 2.05) is 55.5 Å². The summed E-state index contributed by atoms with van der Waals surface area (Å²) >= 11 is 7.55. The molecule has 0 aliphatic rings. The molecule has 120 valence electrons. The number of fused-ring (bicyclic) bond motifs is 1. The number of nitrogens with one attached hydrogen (secondary N) is 1. The van der Waals surface area contributed by atoms with Gasteiger partial charge in [-0.05, 0) is 31.2 Å². The van der Waals surface area contributed by atoms with Gasteiger partial charge >= 0.3 is 0 Å². The lowest BCUT2D eigenvalue weighted by Gasteiger charge is -2.12. The second-order valence-electron chi connectivity index (χ2n) is 5.17. The summed E-state index contributed by atoms with van der Waals surface area (Å²) < 4.78 is 0. The fourth-order valence-corrected chi connectivity index (χ4v) is 3.51. The Hall–Kier alpha value is -2.42. The number of rotatable bonds is 4. The van der Waals surface area contributed by atoms with Crippen molar-refractivity contribution >= 4 is 40.0 Å². The number of imidazole rings is 1. The van der Waals surface area contributed by atoms with Gasteiger partial charge in [-0.15, -0.1) is 11.8 Å². The summed E-state index contributed by atoms with van der Waals surface area (Å²) in [4.78, 5) is 8.30. The van der Waals surface area contributed by atoms with Gasteiger partial charge in [-0.2, -0.15) is 5.26 Å². The van der Waals surface area contributed by atoms with Gasteiger partial charge in [0.15, 0.2) is 5.82 Å². The van der Waals surface area contributed by atoms with E-state index < -0.39 is 0 Å². The Morgan fingerprint density at radius 3 is 2.67 bits per heavy atom. The number of thioether (sulfide) groups is 1. The van der Waals surface area contributed by atoms with Gasteiger partial charge in [-0.3, -0.25) is 0 Å². The lowest BCUT2D eigenvalue weighted by Crippen LogP contribution is -2.05. The molecule has 1 heterocycles. The maximum Gasteiger partial charge on any atom is 0.152 e. The van der Waals surface area contributed by atoms with Gasteiger partial charge in [0.1, 0.15) is 17.4 Å². The van der Waals surface area contributed by atoms with Crippen LogP contribution in [0.1, 0.15) is 12.7 Å². The standard InChI is InChI=1S/C18H14ClN3OS/c1-11(24-16-9-5-2-6-13(16)19)17(23)12(10-20)18-21-14-7-3-4-8-15(14)22-18/h2-9,11,23H,1H3,(H,21,22)/b17-12+. The molecular formula is C18H14ClN3OS. The largest absolute Gasteiger partial charge is 0.510 e. The van der Waals surface area contributed by atoms with Crippen LogP contribution < -0.4 is 0 Å². The number of aromatic amines is 1. The van der Waals surface area contributed by atoms with Crippen LogP contribution in [-0.4, -0.2) is 20.3 Å². The predicted octanol–water partition coefficient (Wildman–Crippen LogP) is 5.19. The molecular weight excluding hydrogens is 342 g/mol. The van der Waals surface area contributed by atoms with Crippen molar-refractivity contribution in [1.82, 2.24) is 9.97 Å². The number of hydrogen-bond acceptors (Lipinski definition) is 4. The summed E-state index contributed by atoms with van der Waals surface area (Å²) in [6, 6.07) is 16.9. The molecule has 4 nitrogen and oxygen atoms in total. The van der Waals surface area contributed by atoms with Crippen molar-refractivity contribution in [3.8, 4) is 6.07 Å². The summed E-state index contributed by atoms with van der Waals surface area (Å²) in [5, 5.41) is 20.3. The minimum absolute atomic E-state index is 0.0264. The maximum atomic E-state index is 10.5. The lowest BCUT2D eigenvalue weighted by atomic mass is 10.2. The molecule has 0 saturated heterocycles. The van der Waals surface area contributed by atoms with Gasteiger partial charge in [0.2, 0.25) is 0 Å². The topological polar surface area (TPSA) is 72.7 Å². The second-order valence-corrected chi connectivity index (χ2v) is 6.95. The molecule has 0 saturated carbocycles. The summed E-state index contributed by atoms with van der Waals surface area (Å²) in [5.74, 6) is 0.337. The van der Waals surface area contributed by atoms with Crippen molar-refractivity contribution in [2.75, 3.05) is 0 Å². The molecule has 0 bridgehead atoms. The molecule has 2 aromatic carbocycles. The zero-order valence-corrected chi connectivity index (χ0v) is 14.4. The van der Waals surface area contributed by atoms with E-state index in [2.05, 4.69) is 9.97 Å². The van der Waals surface area contributed by atoms with Crippen LogP contribution in [0, 0.1) is 11.3 Å². The molecule has 0 amide bonds. The number of benzene rings is 2. The Morgan fingerprint density at radius 2 is 1.96 bits per heavy atom. The molecule has 1 unspecified atom stereocenters. The molecule has 3 aromatic rings. The van der Waals surface area contributed by atoms with Gasteiger partial charge in [-0.25, -0.2) is 4.98 Å². The average Bonchev–Trinajstić information content (AvgIpc) is 3.01.